The minimum Gasteiger partial charge on any atom is -0.497 e. The van der Waals surface area contributed by atoms with E-state index in [0.29, 0.717) is 28.4 Å². The van der Waals surface area contributed by atoms with Crippen molar-refractivity contribution in [3.8, 4) is 17.2 Å². The molecule has 0 aliphatic rings. The van der Waals surface area contributed by atoms with E-state index in [0.717, 1.165) is 11.1 Å². The van der Waals surface area contributed by atoms with Crippen LogP contribution in [0.5, 0.6) is 11.5 Å². The number of fused-ring (bicyclic) bond motifs is 1. The van der Waals surface area contributed by atoms with Crippen LogP contribution in [0.2, 0.25) is 0 Å². The topological polar surface area (TPSA) is 87.4 Å². The minimum absolute atomic E-state index is 0.133. The van der Waals surface area contributed by atoms with Crippen LogP contribution >= 0.6 is 0 Å². The van der Waals surface area contributed by atoms with E-state index in [-0.39, 0.29) is 24.7 Å². The van der Waals surface area contributed by atoms with Crippen LogP contribution in [0.25, 0.3) is 16.9 Å². The van der Waals surface area contributed by atoms with Crippen molar-refractivity contribution in [3.05, 3.63) is 82.4 Å². The van der Waals surface area contributed by atoms with E-state index >= 15 is 0 Å². The third-order valence-corrected chi connectivity index (χ3v) is 5.25. The van der Waals surface area contributed by atoms with Crippen LogP contribution in [0.1, 0.15) is 11.1 Å². The number of methoxy groups -OCH3 is 2. The molecular weight excluding hydrogens is 408 g/mol. The lowest BCUT2D eigenvalue weighted by molar-refractivity contribution is -0.121. The smallest absolute Gasteiger partial charge is 0.335 e. The molecule has 2 aromatic carbocycles. The first kappa shape index (κ1) is 21.2. The summed E-state index contributed by atoms with van der Waals surface area (Å²) in [7, 11) is 3.15. The zero-order valence-corrected chi connectivity index (χ0v) is 18.2. The van der Waals surface area contributed by atoms with E-state index in [1.807, 2.05) is 31.2 Å². The van der Waals surface area contributed by atoms with E-state index in [4.69, 9.17) is 9.47 Å². The van der Waals surface area contributed by atoms with Gasteiger partial charge < -0.3 is 14.8 Å². The van der Waals surface area contributed by atoms with Gasteiger partial charge in [-0.25, -0.2) is 14.3 Å². The Morgan fingerprint density at radius 1 is 1.06 bits per heavy atom. The summed E-state index contributed by atoms with van der Waals surface area (Å²) >= 11 is 0. The third-order valence-electron chi connectivity index (χ3n) is 5.25. The molecule has 0 spiro atoms. The lowest BCUT2D eigenvalue weighted by Gasteiger charge is -2.11. The first-order chi connectivity index (χ1) is 15.5. The van der Waals surface area contributed by atoms with E-state index in [2.05, 4.69) is 10.3 Å². The Kier molecular flexibility index (Phi) is 5.93. The fourth-order valence-corrected chi connectivity index (χ4v) is 3.58. The highest BCUT2D eigenvalue weighted by atomic mass is 16.5. The Labute approximate surface area is 185 Å². The van der Waals surface area contributed by atoms with Gasteiger partial charge in [0.2, 0.25) is 5.91 Å². The van der Waals surface area contributed by atoms with Gasteiger partial charge in [0, 0.05) is 18.3 Å². The van der Waals surface area contributed by atoms with E-state index < -0.39 is 0 Å². The Bertz CT molecular complexity index is 1320. The zero-order chi connectivity index (χ0) is 22.7. The predicted molar refractivity (Wildman–Crippen MR) is 121 cm³/mol. The lowest BCUT2D eigenvalue weighted by Crippen LogP contribution is -2.32. The van der Waals surface area contributed by atoms with Crippen molar-refractivity contribution in [3.63, 3.8) is 0 Å². The van der Waals surface area contributed by atoms with E-state index in [1.165, 1.54) is 9.13 Å². The molecule has 2 aromatic heterocycles. The number of pyridine rings is 1. The number of hydrogen-bond donors (Lipinski definition) is 1. The number of carbonyl (C=O) groups is 1. The highest BCUT2D eigenvalue weighted by Crippen LogP contribution is 2.23. The van der Waals surface area contributed by atoms with Gasteiger partial charge in [-0.3, -0.25) is 9.36 Å². The number of ether oxygens (including phenoxy) is 2. The van der Waals surface area contributed by atoms with Crippen LogP contribution in [0.3, 0.4) is 0 Å². The number of rotatable bonds is 7. The third kappa shape index (κ3) is 4.07. The van der Waals surface area contributed by atoms with Crippen LogP contribution in [0.15, 0.2) is 65.6 Å². The number of carbonyl (C=O) groups excluding carboxylic acids is 1. The Morgan fingerprint density at radius 3 is 2.56 bits per heavy atom. The van der Waals surface area contributed by atoms with Crippen LogP contribution in [-0.4, -0.2) is 34.2 Å². The Balaban J connectivity index is 1.61. The molecule has 1 N–H and O–H groups in total. The van der Waals surface area contributed by atoms with Crippen molar-refractivity contribution in [2.45, 2.75) is 20.0 Å². The monoisotopic (exact) mass is 432 g/mol. The number of nitrogens with zero attached hydrogens (tertiary/aromatic N) is 3. The van der Waals surface area contributed by atoms with Gasteiger partial charge in [-0.2, -0.15) is 0 Å². The summed E-state index contributed by atoms with van der Waals surface area (Å²) in [5, 5.41) is 2.86. The Morgan fingerprint density at radius 2 is 1.84 bits per heavy atom. The fraction of sp³-hybridized carbons (Fsp3) is 0.208. The number of imidazole rings is 1. The standard InChI is InChI=1S/C24H24N4O4/c1-16-6-8-18(9-7-16)28-23-20(5-4-12-25-23)27(24(28)30)15-22(29)26-14-17-13-19(31-2)10-11-21(17)32-3/h4-13H,14-15H2,1-3H3,(H,26,29). The van der Waals surface area contributed by atoms with Gasteiger partial charge in [0.05, 0.1) is 25.4 Å². The summed E-state index contributed by atoms with van der Waals surface area (Å²) < 4.78 is 13.6. The van der Waals surface area contributed by atoms with Gasteiger partial charge in [-0.15, -0.1) is 0 Å². The summed E-state index contributed by atoms with van der Waals surface area (Å²) in [6, 6.07) is 16.5. The average Bonchev–Trinajstić information content (AvgIpc) is 3.09. The highest BCUT2D eigenvalue weighted by molar-refractivity contribution is 5.80. The van der Waals surface area contributed by atoms with Crippen molar-refractivity contribution in [2.24, 2.45) is 0 Å². The van der Waals surface area contributed by atoms with E-state index in [1.54, 1.807) is 50.7 Å². The van der Waals surface area contributed by atoms with Gasteiger partial charge in [0.25, 0.3) is 0 Å². The number of aromatic nitrogens is 3. The van der Waals surface area contributed by atoms with Crippen LogP contribution in [-0.2, 0) is 17.9 Å². The second-order valence-corrected chi connectivity index (χ2v) is 7.34. The molecule has 0 aliphatic carbocycles. The van der Waals surface area contributed by atoms with Crippen LogP contribution < -0.4 is 20.5 Å². The molecule has 0 unspecified atom stereocenters. The highest BCUT2D eigenvalue weighted by Gasteiger charge is 2.18. The molecule has 0 saturated carbocycles. The molecule has 8 heteroatoms. The molecule has 8 nitrogen and oxygen atoms in total. The molecule has 164 valence electrons. The quantitative estimate of drug-likeness (QED) is 0.485. The number of amides is 1. The maximum atomic E-state index is 13.2. The number of benzene rings is 2. The molecule has 4 rings (SSSR count). The molecule has 0 saturated heterocycles. The van der Waals surface area contributed by atoms with Crippen molar-refractivity contribution >= 4 is 17.1 Å². The average molecular weight is 432 g/mol. The molecule has 1 amide bonds. The SMILES string of the molecule is COc1ccc(OC)c(CNC(=O)Cn2c(=O)n(-c3ccc(C)cc3)c3ncccc32)c1. The summed E-state index contributed by atoms with van der Waals surface area (Å²) in [5.41, 5.74) is 3.33. The van der Waals surface area contributed by atoms with Gasteiger partial charge in [0.15, 0.2) is 5.65 Å². The van der Waals surface area contributed by atoms with Gasteiger partial charge in [-0.05, 0) is 49.4 Å². The van der Waals surface area contributed by atoms with E-state index in [9.17, 15) is 9.59 Å². The van der Waals surface area contributed by atoms with Crippen molar-refractivity contribution < 1.29 is 14.3 Å². The maximum Gasteiger partial charge on any atom is 0.335 e. The largest absolute Gasteiger partial charge is 0.497 e. The minimum atomic E-state index is -0.323. The first-order valence-electron chi connectivity index (χ1n) is 10.1. The molecule has 32 heavy (non-hydrogen) atoms. The fourth-order valence-electron chi connectivity index (χ4n) is 3.58. The summed E-state index contributed by atoms with van der Waals surface area (Å²) in [5.74, 6) is 1.01. The number of hydrogen-bond acceptors (Lipinski definition) is 5. The molecule has 0 atom stereocenters. The van der Waals surface area contributed by atoms with Gasteiger partial charge >= 0.3 is 5.69 Å². The molecule has 4 aromatic rings. The molecular formula is C24H24N4O4. The summed E-state index contributed by atoms with van der Waals surface area (Å²) in [6.07, 6.45) is 1.63. The molecule has 0 fully saturated rings. The lowest BCUT2D eigenvalue weighted by atomic mass is 10.2. The van der Waals surface area contributed by atoms with Crippen LogP contribution in [0, 0.1) is 6.92 Å². The first-order valence-corrected chi connectivity index (χ1v) is 10.1. The second kappa shape index (κ2) is 8.97. The molecule has 2 heterocycles. The van der Waals surface area contributed by atoms with Gasteiger partial charge in [0.1, 0.15) is 18.0 Å². The number of nitrogens with one attached hydrogen (secondary N) is 1. The zero-order valence-electron chi connectivity index (χ0n) is 18.2. The molecule has 0 radical (unpaired) electrons. The van der Waals surface area contributed by atoms with Crippen molar-refractivity contribution in [1.82, 2.24) is 19.4 Å². The normalized spacial score (nSPS) is 10.8. The van der Waals surface area contributed by atoms with Crippen molar-refractivity contribution in [2.75, 3.05) is 14.2 Å². The Hall–Kier alpha value is -4.07. The number of aryl methyl sites for hydroxylation is 1. The van der Waals surface area contributed by atoms with Gasteiger partial charge in [-0.1, -0.05) is 17.7 Å². The molecule has 0 aliphatic heterocycles. The molecule has 0 bridgehead atoms. The summed E-state index contributed by atoms with van der Waals surface area (Å²) in [4.78, 5) is 30.4. The maximum absolute atomic E-state index is 13.2. The second-order valence-electron chi connectivity index (χ2n) is 7.34. The van der Waals surface area contributed by atoms with Crippen LogP contribution in [0.4, 0.5) is 0 Å². The predicted octanol–water partition coefficient (Wildman–Crippen LogP) is 2.83. The summed E-state index contributed by atoms with van der Waals surface area (Å²) in [6.45, 7) is 2.09. The van der Waals surface area contributed by atoms with Crippen molar-refractivity contribution in [1.29, 1.82) is 0 Å².